The van der Waals surface area contributed by atoms with Crippen molar-refractivity contribution >= 4 is 14.3 Å². The Hall–Kier alpha value is -2.21. The number of benzene rings is 1. The molecule has 0 N–H and O–H groups in total. The van der Waals surface area contributed by atoms with Gasteiger partial charge in [0.15, 0.2) is 14.1 Å². The van der Waals surface area contributed by atoms with Crippen LogP contribution in [0.2, 0.25) is 18.1 Å². The van der Waals surface area contributed by atoms with Crippen LogP contribution in [0.4, 0.5) is 0 Å². The van der Waals surface area contributed by atoms with Crippen molar-refractivity contribution < 1.29 is 61.3 Å². The third-order valence-electron chi connectivity index (χ3n) is 15.9. The minimum absolute atomic E-state index is 0.0169. The van der Waals surface area contributed by atoms with Crippen LogP contribution >= 0.6 is 0 Å². The molecule has 3 heterocycles. The van der Waals surface area contributed by atoms with E-state index >= 15 is 0 Å². The maximum atomic E-state index is 12.3. The van der Waals surface area contributed by atoms with E-state index in [0.717, 1.165) is 43.4 Å². The van der Waals surface area contributed by atoms with Gasteiger partial charge in [0, 0.05) is 63.9 Å². The average molecular weight is 1020 g/mol. The Morgan fingerprint density at radius 2 is 1.55 bits per heavy atom. The number of esters is 1. The molecular formula is C57H98O13Si. The summed E-state index contributed by atoms with van der Waals surface area (Å²) in [4.78, 5) is 12.3. The second-order valence-electron chi connectivity index (χ2n) is 23.0. The van der Waals surface area contributed by atoms with Gasteiger partial charge < -0.3 is 56.5 Å². The standard InChI is InChI=1S/C57H98O13Si/c1-37(22-26-47-32-49(61-14)30-39(3)66-47)53(65-36-59-12)42(6)54(64-35-43-24-28-44(60-13)29-25-43)41(5)52-34-51(68-57(10,11)69-52)40(4)50(62-15)33-46-21-19-20-45(67-46)31-48(27-23-38(2)55(58)63-16)70-71(17,18)56(7,8)9/h19-20,23-25,28-29,37,39-42,45-54H,21-22,26-27,30-36H2,1-18H3/b38-23+/t37-,39-,40+,41-,42-,45-,46-,47-,48-,49+,50-,51-,52+,53-,54-/m0/s1. The number of rotatable bonds is 28. The Balaban J connectivity index is 1.53. The molecule has 2 saturated heterocycles. The van der Waals surface area contributed by atoms with Gasteiger partial charge in [0.05, 0.1) is 88.0 Å². The molecule has 13 nitrogen and oxygen atoms in total. The highest BCUT2D eigenvalue weighted by Crippen LogP contribution is 2.42. The summed E-state index contributed by atoms with van der Waals surface area (Å²) in [5.74, 6) is -0.261. The summed E-state index contributed by atoms with van der Waals surface area (Å²) in [6.45, 7) is 28.9. The summed E-state index contributed by atoms with van der Waals surface area (Å²) in [6, 6.07) is 8.07. The van der Waals surface area contributed by atoms with Crippen LogP contribution in [-0.2, 0) is 63.2 Å². The molecule has 2 fully saturated rings. The topological polar surface area (TPSA) is 128 Å². The third-order valence-corrected chi connectivity index (χ3v) is 20.4. The van der Waals surface area contributed by atoms with Gasteiger partial charge in [-0.1, -0.05) is 78.8 Å². The molecule has 0 unspecified atom stereocenters. The summed E-state index contributed by atoms with van der Waals surface area (Å²) in [7, 11) is 6.23. The molecule has 0 radical (unpaired) electrons. The fourth-order valence-electron chi connectivity index (χ4n) is 10.6. The minimum atomic E-state index is -2.14. The molecule has 1 aromatic carbocycles. The third kappa shape index (κ3) is 18.8. The molecule has 0 bridgehead atoms. The average Bonchev–Trinajstić information content (AvgIpc) is 3.32. The van der Waals surface area contributed by atoms with Crippen molar-refractivity contribution in [2.45, 2.75) is 232 Å². The van der Waals surface area contributed by atoms with Crippen molar-refractivity contribution in [1.82, 2.24) is 0 Å². The molecule has 0 aliphatic carbocycles. The highest BCUT2D eigenvalue weighted by atomic mass is 28.4. The first-order chi connectivity index (χ1) is 33.4. The van der Waals surface area contributed by atoms with Crippen LogP contribution in [0.5, 0.6) is 5.75 Å². The van der Waals surface area contributed by atoms with E-state index in [0.29, 0.717) is 37.9 Å². The molecule has 3 aliphatic heterocycles. The van der Waals surface area contributed by atoms with Crippen molar-refractivity contribution in [3.05, 3.63) is 53.6 Å². The van der Waals surface area contributed by atoms with Gasteiger partial charge in [-0.25, -0.2) is 4.79 Å². The Kier molecular flexibility index (Phi) is 24.7. The van der Waals surface area contributed by atoms with Crippen LogP contribution in [0, 0.1) is 23.7 Å². The van der Waals surface area contributed by atoms with E-state index in [2.05, 4.69) is 92.8 Å². The quantitative estimate of drug-likeness (QED) is 0.0260. The number of hydrogen-bond donors (Lipinski definition) is 0. The van der Waals surface area contributed by atoms with Crippen molar-refractivity contribution in [2.75, 3.05) is 42.3 Å². The number of carbonyl (C=O) groups is 1. The van der Waals surface area contributed by atoms with Gasteiger partial charge in [0.2, 0.25) is 0 Å². The normalized spacial score (nSPS) is 27.7. The number of methoxy groups -OCH3 is 5. The molecule has 15 atom stereocenters. The van der Waals surface area contributed by atoms with Crippen molar-refractivity contribution in [2.24, 2.45) is 23.7 Å². The molecule has 0 spiro atoms. The predicted molar refractivity (Wildman–Crippen MR) is 282 cm³/mol. The Morgan fingerprint density at radius 1 is 0.873 bits per heavy atom. The number of hydrogen-bond acceptors (Lipinski definition) is 13. The zero-order chi connectivity index (χ0) is 52.7. The van der Waals surface area contributed by atoms with Crippen molar-refractivity contribution in [1.29, 1.82) is 0 Å². The lowest BCUT2D eigenvalue weighted by Crippen LogP contribution is -2.54. The molecule has 3 aliphatic rings. The van der Waals surface area contributed by atoms with E-state index in [1.807, 2.05) is 32.1 Å². The zero-order valence-corrected chi connectivity index (χ0v) is 48.3. The monoisotopic (exact) mass is 1020 g/mol. The zero-order valence-electron chi connectivity index (χ0n) is 47.3. The Morgan fingerprint density at radius 3 is 2.15 bits per heavy atom. The smallest absolute Gasteiger partial charge is 0.333 e. The maximum absolute atomic E-state index is 12.3. The lowest BCUT2D eigenvalue weighted by atomic mass is 9.78. The van der Waals surface area contributed by atoms with E-state index in [9.17, 15) is 4.79 Å². The van der Waals surface area contributed by atoms with Crippen LogP contribution in [0.3, 0.4) is 0 Å². The van der Waals surface area contributed by atoms with Gasteiger partial charge in [-0.3, -0.25) is 0 Å². The number of ether oxygens (including phenoxy) is 11. The van der Waals surface area contributed by atoms with E-state index in [-0.39, 0.29) is 109 Å². The van der Waals surface area contributed by atoms with Crippen LogP contribution < -0.4 is 4.74 Å². The van der Waals surface area contributed by atoms with Crippen LogP contribution in [0.1, 0.15) is 140 Å². The largest absolute Gasteiger partial charge is 0.497 e. The lowest BCUT2D eigenvalue weighted by molar-refractivity contribution is -0.324. The van der Waals surface area contributed by atoms with E-state index in [1.165, 1.54) is 7.11 Å². The van der Waals surface area contributed by atoms with Crippen LogP contribution in [0.25, 0.3) is 0 Å². The molecule has 4 rings (SSSR count). The van der Waals surface area contributed by atoms with Gasteiger partial charge in [-0.2, -0.15) is 0 Å². The van der Waals surface area contributed by atoms with Gasteiger partial charge in [0.25, 0.3) is 0 Å². The first kappa shape index (κ1) is 61.3. The predicted octanol–water partition coefficient (Wildman–Crippen LogP) is 11.8. The summed E-state index contributed by atoms with van der Waals surface area (Å²) < 4.78 is 75.8. The van der Waals surface area contributed by atoms with E-state index < -0.39 is 14.1 Å². The molecule has 0 saturated carbocycles. The first-order valence-corrected chi connectivity index (χ1v) is 29.5. The molecule has 1 aromatic rings. The van der Waals surface area contributed by atoms with Crippen molar-refractivity contribution in [3.8, 4) is 5.75 Å². The Labute approximate surface area is 431 Å². The molecule has 0 amide bonds. The fourth-order valence-corrected chi connectivity index (χ4v) is 12.0. The SMILES string of the molecule is COCO[C@H]([C@H](C)[C@@H](OCc1ccc(OC)cc1)[C@@H](C)[C@H]1C[C@@H]([C@H](C)[C@H](C[C@@H]2CC=C[C@@H](C[C@H](C/C=C(\C)C(=O)OC)O[Si](C)(C)C(C)(C)C)O2)OC)OC(C)(C)O1)[C@@H](C)CC[C@H]1C[C@H](OC)C[C@H](C)O1. The van der Waals surface area contributed by atoms with Gasteiger partial charge in [-0.15, -0.1) is 0 Å². The van der Waals surface area contributed by atoms with E-state index in [1.54, 1.807) is 35.4 Å². The minimum Gasteiger partial charge on any atom is -0.497 e. The van der Waals surface area contributed by atoms with Gasteiger partial charge >= 0.3 is 5.97 Å². The van der Waals surface area contributed by atoms with E-state index in [4.69, 9.17) is 56.5 Å². The fraction of sp³-hybridized carbons (Fsp3) is 0.807. The first-order valence-electron chi connectivity index (χ1n) is 26.6. The maximum Gasteiger partial charge on any atom is 0.333 e. The second-order valence-corrected chi connectivity index (χ2v) is 27.7. The molecular weight excluding hydrogens is 921 g/mol. The highest BCUT2D eigenvalue weighted by molar-refractivity contribution is 6.74. The van der Waals surface area contributed by atoms with Crippen molar-refractivity contribution in [3.63, 3.8) is 0 Å². The number of carbonyl (C=O) groups excluding carboxylic acids is 1. The molecule has 0 aromatic heterocycles. The van der Waals surface area contributed by atoms with Crippen LogP contribution in [0.15, 0.2) is 48.1 Å². The summed E-state index contributed by atoms with van der Waals surface area (Å²) in [6.07, 6.45) is 12.7. The highest BCUT2D eigenvalue weighted by Gasteiger charge is 2.46. The van der Waals surface area contributed by atoms with Gasteiger partial charge in [0.1, 0.15) is 12.5 Å². The molecule has 408 valence electrons. The molecule has 71 heavy (non-hydrogen) atoms. The lowest BCUT2D eigenvalue weighted by Gasteiger charge is -2.48. The second kappa shape index (κ2) is 28.6. The summed E-state index contributed by atoms with van der Waals surface area (Å²) in [5.41, 5.74) is 1.64. The summed E-state index contributed by atoms with van der Waals surface area (Å²) >= 11 is 0. The molecule has 14 heteroatoms. The van der Waals surface area contributed by atoms with Gasteiger partial charge in [-0.05, 0) is 108 Å². The Bertz CT molecular complexity index is 1760. The summed E-state index contributed by atoms with van der Waals surface area (Å²) in [5, 5.41) is 0.0269. The van der Waals surface area contributed by atoms with Crippen LogP contribution in [-0.4, -0.2) is 130 Å².